The van der Waals surface area contributed by atoms with E-state index in [0.717, 1.165) is 5.56 Å². The molecular formula is C17H15FN2O3. The van der Waals surface area contributed by atoms with Gasteiger partial charge in [0.1, 0.15) is 11.6 Å². The Balaban J connectivity index is 1.69. The Bertz CT molecular complexity index is 761. The number of methoxy groups -OCH3 is 1. The number of oxime groups is 1. The van der Waals surface area contributed by atoms with Gasteiger partial charge in [0.25, 0.3) is 5.91 Å². The quantitative estimate of drug-likeness (QED) is 0.944. The van der Waals surface area contributed by atoms with Gasteiger partial charge in [-0.05, 0) is 24.3 Å². The Morgan fingerprint density at radius 1 is 1.26 bits per heavy atom. The first-order valence-electron chi connectivity index (χ1n) is 7.10. The highest BCUT2D eigenvalue weighted by molar-refractivity contribution is 6.07. The van der Waals surface area contributed by atoms with Crippen molar-refractivity contribution < 1.29 is 18.8 Å². The minimum absolute atomic E-state index is 0.117. The zero-order valence-corrected chi connectivity index (χ0v) is 12.5. The standard InChI is InChI=1S/C17H15FN2O3/c1-22-15-9-5-2-6-11(15)14-10-16(23-20-14)17(21)19-13-8-4-3-7-12(13)18/h2-9,16H,10H2,1H3,(H,19,21). The van der Waals surface area contributed by atoms with E-state index >= 15 is 0 Å². The van der Waals surface area contributed by atoms with Crippen LogP contribution < -0.4 is 10.1 Å². The third-order valence-electron chi connectivity index (χ3n) is 3.51. The number of nitrogens with zero attached hydrogens (tertiary/aromatic N) is 1. The normalized spacial score (nSPS) is 16.4. The van der Waals surface area contributed by atoms with Crippen LogP contribution in [0.25, 0.3) is 0 Å². The second-order valence-electron chi connectivity index (χ2n) is 5.01. The Morgan fingerprint density at radius 3 is 2.78 bits per heavy atom. The largest absolute Gasteiger partial charge is 0.496 e. The zero-order valence-electron chi connectivity index (χ0n) is 12.5. The number of para-hydroxylation sites is 2. The van der Waals surface area contributed by atoms with Crippen LogP contribution in [-0.4, -0.2) is 24.8 Å². The Morgan fingerprint density at radius 2 is 2.00 bits per heavy atom. The van der Waals surface area contributed by atoms with Crippen LogP contribution in [0.3, 0.4) is 0 Å². The minimum atomic E-state index is -0.797. The van der Waals surface area contributed by atoms with E-state index in [2.05, 4.69) is 10.5 Å². The number of nitrogens with one attached hydrogen (secondary N) is 1. The summed E-state index contributed by atoms with van der Waals surface area (Å²) in [6.07, 6.45) is -0.504. The summed E-state index contributed by atoms with van der Waals surface area (Å²) in [6.45, 7) is 0. The number of hydrogen-bond donors (Lipinski definition) is 1. The van der Waals surface area contributed by atoms with Gasteiger partial charge in [0.15, 0.2) is 0 Å². The number of benzene rings is 2. The van der Waals surface area contributed by atoms with E-state index in [4.69, 9.17) is 9.57 Å². The summed E-state index contributed by atoms with van der Waals surface area (Å²) >= 11 is 0. The van der Waals surface area contributed by atoms with E-state index in [1.807, 2.05) is 24.3 Å². The van der Waals surface area contributed by atoms with Crippen molar-refractivity contribution in [1.82, 2.24) is 0 Å². The van der Waals surface area contributed by atoms with Crippen LogP contribution >= 0.6 is 0 Å². The summed E-state index contributed by atoms with van der Waals surface area (Å²) in [5, 5.41) is 6.47. The van der Waals surface area contributed by atoms with Gasteiger partial charge >= 0.3 is 0 Å². The third-order valence-corrected chi connectivity index (χ3v) is 3.51. The number of carbonyl (C=O) groups excluding carboxylic acids is 1. The van der Waals surface area contributed by atoms with Crippen molar-refractivity contribution >= 4 is 17.3 Å². The fourth-order valence-corrected chi connectivity index (χ4v) is 2.34. The Hall–Kier alpha value is -2.89. The molecule has 23 heavy (non-hydrogen) atoms. The first kappa shape index (κ1) is 15.0. The predicted octanol–water partition coefficient (Wildman–Crippen LogP) is 2.97. The second-order valence-corrected chi connectivity index (χ2v) is 5.01. The van der Waals surface area contributed by atoms with Gasteiger partial charge in [0.2, 0.25) is 6.10 Å². The number of rotatable bonds is 4. The Kier molecular flexibility index (Phi) is 4.23. The molecule has 1 aliphatic rings. The molecule has 5 nitrogen and oxygen atoms in total. The van der Waals surface area contributed by atoms with E-state index in [9.17, 15) is 9.18 Å². The molecule has 0 aromatic heterocycles. The van der Waals surface area contributed by atoms with Crippen LogP contribution in [0, 0.1) is 5.82 Å². The molecule has 1 N–H and O–H groups in total. The lowest BCUT2D eigenvalue weighted by molar-refractivity contribution is -0.125. The average molecular weight is 314 g/mol. The first-order valence-corrected chi connectivity index (χ1v) is 7.10. The molecule has 0 fully saturated rings. The van der Waals surface area contributed by atoms with Crippen molar-refractivity contribution in [3.8, 4) is 5.75 Å². The molecule has 1 amide bonds. The van der Waals surface area contributed by atoms with Crippen molar-refractivity contribution in [2.45, 2.75) is 12.5 Å². The number of anilines is 1. The number of halogens is 1. The molecular weight excluding hydrogens is 299 g/mol. The summed E-state index contributed by atoms with van der Waals surface area (Å²) in [5.74, 6) is -0.279. The van der Waals surface area contributed by atoms with Gasteiger partial charge in [-0.3, -0.25) is 4.79 Å². The van der Waals surface area contributed by atoms with Crippen LogP contribution in [0.4, 0.5) is 10.1 Å². The van der Waals surface area contributed by atoms with Crippen molar-refractivity contribution in [1.29, 1.82) is 0 Å². The van der Waals surface area contributed by atoms with Crippen LogP contribution in [-0.2, 0) is 9.63 Å². The summed E-state index contributed by atoms with van der Waals surface area (Å²) < 4.78 is 18.9. The predicted molar refractivity (Wildman–Crippen MR) is 84.1 cm³/mol. The third kappa shape index (κ3) is 3.15. The highest BCUT2D eigenvalue weighted by Crippen LogP contribution is 2.25. The molecule has 0 bridgehead atoms. The molecule has 1 aliphatic heterocycles. The first-order chi connectivity index (χ1) is 11.2. The monoisotopic (exact) mass is 314 g/mol. The summed E-state index contributed by atoms with van der Waals surface area (Å²) in [4.78, 5) is 17.4. The fraction of sp³-hybridized carbons (Fsp3) is 0.176. The molecule has 2 aromatic rings. The average Bonchev–Trinajstić information content (AvgIpc) is 3.07. The molecule has 0 saturated heterocycles. The minimum Gasteiger partial charge on any atom is -0.496 e. The van der Waals surface area contributed by atoms with Gasteiger partial charge in [0.05, 0.1) is 18.5 Å². The lowest BCUT2D eigenvalue weighted by Gasteiger charge is -2.10. The number of carbonyl (C=O) groups is 1. The van der Waals surface area contributed by atoms with Crippen molar-refractivity contribution in [2.24, 2.45) is 5.16 Å². The van der Waals surface area contributed by atoms with E-state index < -0.39 is 17.8 Å². The van der Waals surface area contributed by atoms with Crippen molar-refractivity contribution in [2.75, 3.05) is 12.4 Å². The van der Waals surface area contributed by atoms with Crippen molar-refractivity contribution in [3.05, 3.63) is 59.9 Å². The second kappa shape index (κ2) is 6.48. The summed E-state index contributed by atoms with van der Waals surface area (Å²) in [6, 6.07) is 13.3. The molecule has 6 heteroatoms. The van der Waals surface area contributed by atoms with Gasteiger partial charge < -0.3 is 14.9 Å². The van der Waals surface area contributed by atoms with Crippen molar-refractivity contribution in [3.63, 3.8) is 0 Å². The maximum atomic E-state index is 13.6. The molecule has 1 atom stereocenters. The maximum absolute atomic E-state index is 13.6. The summed E-state index contributed by atoms with van der Waals surface area (Å²) in [5.41, 5.74) is 1.51. The number of hydrogen-bond acceptors (Lipinski definition) is 4. The lowest BCUT2D eigenvalue weighted by atomic mass is 10.0. The van der Waals surface area contributed by atoms with Crippen LogP contribution in [0.1, 0.15) is 12.0 Å². The van der Waals surface area contributed by atoms with Gasteiger partial charge in [-0.25, -0.2) is 4.39 Å². The van der Waals surface area contributed by atoms with Gasteiger partial charge in [-0.15, -0.1) is 0 Å². The molecule has 0 aliphatic carbocycles. The molecule has 1 heterocycles. The fourth-order valence-electron chi connectivity index (χ4n) is 2.34. The number of amides is 1. The SMILES string of the molecule is COc1ccccc1C1=NOC(C(=O)Nc2ccccc2F)C1. The van der Waals surface area contributed by atoms with Gasteiger partial charge in [0, 0.05) is 12.0 Å². The van der Waals surface area contributed by atoms with E-state index in [1.165, 1.54) is 12.1 Å². The molecule has 0 radical (unpaired) electrons. The number of ether oxygens (including phenoxy) is 1. The lowest BCUT2D eigenvalue weighted by Crippen LogP contribution is -2.28. The molecule has 0 spiro atoms. The topological polar surface area (TPSA) is 59.9 Å². The van der Waals surface area contributed by atoms with E-state index in [0.29, 0.717) is 17.9 Å². The van der Waals surface area contributed by atoms with Gasteiger partial charge in [-0.2, -0.15) is 0 Å². The van der Waals surface area contributed by atoms with Gasteiger partial charge in [-0.1, -0.05) is 29.4 Å². The highest BCUT2D eigenvalue weighted by Gasteiger charge is 2.30. The van der Waals surface area contributed by atoms with Crippen LogP contribution in [0.15, 0.2) is 53.7 Å². The smallest absolute Gasteiger partial charge is 0.268 e. The summed E-state index contributed by atoms with van der Waals surface area (Å²) in [7, 11) is 1.57. The highest BCUT2D eigenvalue weighted by atomic mass is 19.1. The molecule has 118 valence electrons. The maximum Gasteiger partial charge on any atom is 0.268 e. The molecule has 1 unspecified atom stereocenters. The Labute approximate surface area is 132 Å². The van der Waals surface area contributed by atoms with E-state index in [-0.39, 0.29) is 5.69 Å². The zero-order chi connectivity index (χ0) is 16.2. The molecule has 2 aromatic carbocycles. The van der Waals surface area contributed by atoms with Crippen LogP contribution in [0.5, 0.6) is 5.75 Å². The van der Waals surface area contributed by atoms with E-state index in [1.54, 1.807) is 19.2 Å². The molecule has 0 saturated carbocycles. The van der Waals surface area contributed by atoms with Crippen LogP contribution in [0.2, 0.25) is 0 Å². The molecule has 3 rings (SSSR count).